The van der Waals surface area contributed by atoms with E-state index in [1.807, 2.05) is 23.6 Å². The van der Waals surface area contributed by atoms with Crippen LogP contribution in [0.15, 0.2) is 36.4 Å². The first-order valence-electron chi connectivity index (χ1n) is 8.60. The van der Waals surface area contributed by atoms with Gasteiger partial charge in [-0.15, -0.1) is 0 Å². The normalized spacial score (nSPS) is 13.0. The van der Waals surface area contributed by atoms with E-state index in [0.29, 0.717) is 11.9 Å². The predicted octanol–water partition coefficient (Wildman–Crippen LogP) is 3.38. The number of halogens is 1. The molecule has 1 unspecified atom stereocenters. The molecule has 0 radical (unpaired) electrons. The second kappa shape index (κ2) is 7.54. The van der Waals surface area contributed by atoms with Crippen molar-refractivity contribution in [3.8, 4) is 5.69 Å². The monoisotopic (exact) mass is 421 g/mol. The van der Waals surface area contributed by atoms with Gasteiger partial charge in [0.1, 0.15) is 5.82 Å². The van der Waals surface area contributed by atoms with Crippen LogP contribution in [-0.2, 0) is 20.7 Å². The van der Waals surface area contributed by atoms with Crippen LogP contribution in [-0.4, -0.2) is 30.1 Å². The number of fused-ring (bicyclic) bond motifs is 1. The second-order valence-electron chi connectivity index (χ2n) is 6.44. The lowest BCUT2D eigenvalue weighted by Gasteiger charge is -2.13. The van der Waals surface area contributed by atoms with Crippen molar-refractivity contribution in [1.29, 1.82) is 0 Å². The van der Waals surface area contributed by atoms with E-state index in [4.69, 9.17) is 21.5 Å². The number of carbonyl (C=O) groups is 1. The van der Waals surface area contributed by atoms with Gasteiger partial charge in [0.15, 0.2) is 0 Å². The molecule has 3 rings (SSSR count). The summed E-state index contributed by atoms with van der Waals surface area (Å²) in [4.78, 5) is 16.1. The molecular formula is C19H20ClN3O4S. The maximum Gasteiger partial charge on any atom is 0.264 e. The van der Waals surface area contributed by atoms with Gasteiger partial charge in [0.25, 0.3) is 10.1 Å². The molecule has 2 N–H and O–H groups in total. The third-order valence-electron chi connectivity index (χ3n) is 4.33. The number of nitrogens with zero attached hydrogens (tertiary/aromatic N) is 2. The van der Waals surface area contributed by atoms with Crippen molar-refractivity contribution in [1.82, 2.24) is 9.55 Å². The van der Waals surface area contributed by atoms with Crippen LogP contribution in [0.25, 0.3) is 16.7 Å². The molecule has 0 aliphatic carbocycles. The van der Waals surface area contributed by atoms with E-state index in [0.717, 1.165) is 28.8 Å². The summed E-state index contributed by atoms with van der Waals surface area (Å²) >= 11 is 6.22. The molecule has 0 aliphatic heterocycles. The smallest absolute Gasteiger partial charge is 0.264 e. The Kier molecular flexibility index (Phi) is 5.47. The number of rotatable bonds is 6. The van der Waals surface area contributed by atoms with Gasteiger partial charge in [0.2, 0.25) is 5.91 Å². The van der Waals surface area contributed by atoms with E-state index in [9.17, 15) is 13.2 Å². The van der Waals surface area contributed by atoms with Gasteiger partial charge < -0.3 is 5.73 Å². The number of aryl methyl sites for hydroxylation is 1. The molecule has 148 valence electrons. The molecule has 2 aromatic carbocycles. The Morgan fingerprint density at radius 1 is 1.29 bits per heavy atom. The average Bonchev–Trinajstić information content (AvgIpc) is 2.97. The molecule has 0 aliphatic rings. The Bertz CT molecular complexity index is 1150. The van der Waals surface area contributed by atoms with Crippen molar-refractivity contribution in [2.45, 2.75) is 26.4 Å². The summed E-state index contributed by atoms with van der Waals surface area (Å²) in [7, 11) is -3.55. The summed E-state index contributed by atoms with van der Waals surface area (Å²) in [5, 5.41) is 0.260. The first kappa shape index (κ1) is 20.3. The zero-order chi connectivity index (χ0) is 20.6. The Morgan fingerprint density at radius 2 is 1.93 bits per heavy atom. The Hall–Kier alpha value is -2.42. The van der Waals surface area contributed by atoms with E-state index in [1.54, 1.807) is 31.2 Å². The van der Waals surface area contributed by atoms with Gasteiger partial charge in [-0.05, 0) is 36.8 Å². The lowest BCUT2D eigenvalue weighted by Crippen LogP contribution is -2.11. The van der Waals surface area contributed by atoms with Crippen LogP contribution in [0.3, 0.4) is 0 Å². The Morgan fingerprint density at radius 3 is 2.46 bits per heavy atom. The first-order valence-corrected chi connectivity index (χ1v) is 10.8. The van der Waals surface area contributed by atoms with Gasteiger partial charge in [-0.1, -0.05) is 30.7 Å². The quantitative estimate of drug-likeness (QED) is 0.614. The first-order chi connectivity index (χ1) is 13.1. The summed E-state index contributed by atoms with van der Waals surface area (Å²) in [5.74, 6) is 0.185. The lowest BCUT2D eigenvalue weighted by atomic mass is 10.1. The molecule has 0 fully saturated rings. The summed E-state index contributed by atoms with van der Waals surface area (Å²) in [6.07, 6.45) is 1.09. The molecular weight excluding hydrogens is 402 g/mol. The van der Waals surface area contributed by atoms with E-state index in [2.05, 4.69) is 4.98 Å². The number of aromatic nitrogens is 2. The highest BCUT2D eigenvalue weighted by atomic mass is 35.5. The molecule has 7 nitrogen and oxygen atoms in total. The molecule has 0 bridgehead atoms. The van der Waals surface area contributed by atoms with Gasteiger partial charge in [0.05, 0.1) is 34.0 Å². The predicted molar refractivity (Wildman–Crippen MR) is 108 cm³/mol. The number of imidazole rings is 1. The van der Waals surface area contributed by atoms with Gasteiger partial charge >= 0.3 is 0 Å². The van der Waals surface area contributed by atoms with Crippen molar-refractivity contribution in [2.75, 3.05) is 6.26 Å². The summed E-state index contributed by atoms with van der Waals surface area (Å²) < 4.78 is 29.6. The van der Waals surface area contributed by atoms with Crippen LogP contribution in [0, 0.1) is 0 Å². The van der Waals surface area contributed by atoms with Crippen LogP contribution in [0.5, 0.6) is 0 Å². The maximum atomic E-state index is 11.5. The summed E-state index contributed by atoms with van der Waals surface area (Å²) in [6, 6.07) is 10.6. The fraction of sp³-hybridized carbons (Fsp3) is 0.263. The number of primary amides is 1. The molecule has 1 aromatic heterocycles. The second-order valence-corrected chi connectivity index (χ2v) is 8.44. The SMILES string of the molecule is CCc1nc2cc(C(N)=O)c(Cl)cc2n1-c1ccc(C(C)OS(C)(=O)=O)cc1. The highest BCUT2D eigenvalue weighted by molar-refractivity contribution is 7.86. The highest BCUT2D eigenvalue weighted by Gasteiger charge is 2.17. The van der Waals surface area contributed by atoms with Gasteiger partial charge in [-0.2, -0.15) is 8.42 Å². The Balaban J connectivity index is 2.08. The lowest BCUT2D eigenvalue weighted by molar-refractivity contribution is 0.100. The molecule has 28 heavy (non-hydrogen) atoms. The molecule has 1 heterocycles. The topological polar surface area (TPSA) is 104 Å². The number of nitrogens with two attached hydrogens (primary N) is 1. The summed E-state index contributed by atoms with van der Waals surface area (Å²) in [6.45, 7) is 3.65. The van der Waals surface area contributed by atoms with E-state index < -0.39 is 22.1 Å². The number of benzene rings is 2. The van der Waals surface area contributed by atoms with Crippen molar-refractivity contribution in [2.24, 2.45) is 5.73 Å². The van der Waals surface area contributed by atoms with Crippen LogP contribution in [0.4, 0.5) is 0 Å². The minimum absolute atomic E-state index is 0.226. The molecule has 3 aromatic rings. The van der Waals surface area contributed by atoms with Gasteiger partial charge in [0, 0.05) is 12.1 Å². The average molecular weight is 422 g/mol. The molecule has 0 spiro atoms. The third-order valence-corrected chi connectivity index (χ3v) is 5.29. The fourth-order valence-electron chi connectivity index (χ4n) is 3.07. The summed E-state index contributed by atoms with van der Waals surface area (Å²) in [5.41, 5.74) is 8.52. The molecule has 9 heteroatoms. The van der Waals surface area contributed by atoms with Gasteiger partial charge in [-0.3, -0.25) is 13.5 Å². The van der Waals surface area contributed by atoms with Crippen LogP contribution in [0.2, 0.25) is 5.02 Å². The minimum Gasteiger partial charge on any atom is -0.366 e. The van der Waals surface area contributed by atoms with E-state index in [1.165, 1.54) is 0 Å². The number of amides is 1. The fourth-order valence-corrected chi connectivity index (χ4v) is 3.96. The zero-order valence-corrected chi connectivity index (χ0v) is 17.2. The molecule has 0 saturated heterocycles. The molecule has 1 atom stereocenters. The van der Waals surface area contributed by atoms with Crippen molar-refractivity contribution >= 4 is 38.7 Å². The molecule has 0 saturated carbocycles. The van der Waals surface area contributed by atoms with Crippen LogP contribution < -0.4 is 5.73 Å². The molecule has 1 amide bonds. The van der Waals surface area contributed by atoms with Crippen molar-refractivity contribution in [3.05, 3.63) is 58.4 Å². The number of carbonyl (C=O) groups excluding carboxylic acids is 1. The van der Waals surface area contributed by atoms with Crippen LogP contribution >= 0.6 is 11.6 Å². The zero-order valence-electron chi connectivity index (χ0n) is 15.6. The van der Waals surface area contributed by atoms with E-state index >= 15 is 0 Å². The third kappa shape index (κ3) is 4.04. The highest BCUT2D eigenvalue weighted by Crippen LogP contribution is 2.29. The number of hydrogen-bond acceptors (Lipinski definition) is 5. The van der Waals surface area contributed by atoms with Crippen molar-refractivity contribution < 1.29 is 17.4 Å². The largest absolute Gasteiger partial charge is 0.366 e. The van der Waals surface area contributed by atoms with Crippen molar-refractivity contribution in [3.63, 3.8) is 0 Å². The number of hydrogen-bond donors (Lipinski definition) is 1. The van der Waals surface area contributed by atoms with Gasteiger partial charge in [-0.25, -0.2) is 4.98 Å². The minimum atomic E-state index is -3.55. The van der Waals surface area contributed by atoms with Crippen LogP contribution in [0.1, 0.15) is 41.7 Å². The Labute approximate surface area is 168 Å². The standard InChI is InChI=1S/C19H20ClN3O4S/c1-4-18-22-16-9-14(19(21)24)15(20)10-17(16)23(18)13-7-5-12(6-8-13)11(2)27-28(3,25)26/h5-11H,4H2,1-3H3,(H2,21,24). The van der Waals surface area contributed by atoms with E-state index in [-0.39, 0.29) is 10.6 Å². The maximum absolute atomic E-state index is 11.5.